The zero-order valence-electron chi connectivity index (χ0n) is 30.9. The van der Waals surface area contributed by atoms with Crippen molar-refractivity contribution in [1.29, 1.82) is 0 Å². The number of carboxylic acids is 1. The number of H-pyrrole nitrogens is 2. The molecule has 0 radical (unpaired) electrons. The number of carbonyl (C=O) groups excluding carboxylic acids is 1. The van der Waals surface area contributed by atoms with E-state index in [-0.39, 0.29) is 47.6 Å². The number of piperidine rings is 3. The number of aliphatic carboxylic acids is 1. The van der Waals surface area contributed by atoms with E-state index in [1.54, 1.807) is 7.11 Å². The van der Waals surface area contributed by atoms with Crippen molar-refractivity contribution in [2.24, 2.45) is 29.6 Å². The number of methoxy groups -OCH3 is 2. The lowest BCUT2D eigenvalue weighted by molar-refractivity contribution is -0.162. The highest BCUT2D eigenvalue weighted by Crippen LogP contribution is 2.57. The number of rotatable bonds is 6. The van der Waals surface area contributed by atoms with E-state index < -0.39 is 17.5 Å². The van der Waals surface area contributed by atoms with Crippen LogP contribution in [0.5, 0.6) is 5.75 Å². The number of esters is 1. The molecule has 10 rings (SSSR count). The quantitative estimate of drug-likeness (QED) is 0.195. The number of likely N-dealkylation sites (tertiary alicyclic amines) is 1. The molecule has 1 saturated carbocycles. The van der Waals surface area contributed by atoms with Gasteiger partial charge in [0.05, 0.1) is 31.8 Å². The van der Waals surface area contributed by atoms with Crippen LogP contribution in [-0.2, 0) is 32.6 Å². The lowest BCUT2D eigenvalue weighted by Gasteiger charge is -2.58. The number of fused-ring (bicyclic) bond motifs is 9. The largest absolute Gasteiger partial charge is 0.496 e. The number of nitrogens with one attached hydrogen (secondary N) is 2. The highest BCUT2D eigenvalue weighted by atomic mass is 16.5. The SMILES string of the molecule is CCC1CN(C)[C@H]2Cc3c([nH]c4ccccc34)C(c3c(OC)ccc4c5c([nH]c34)[C@]3(C(=O)O)C[C@H]4C[C@H](C(C)O)[C@@H]3N(CC5)C4)C[C@@H]1[C@@H]2C(=O)OC. The zero-order valence-corrected chi connectivity index (χ0v) is 30.9. The number of benzene rings is 2. The number of carboxylic acid groups (broad SMARTS) is 1. The van der Waals surface area contributed by atoms with E-state index >= 15 is 0 Å². The molecule has 52 heavy (non-hydrogen) atoms. The second-order valence-corrected chi connectivity index (χ2v) is 16.7. The molecule has 3 saturated heterocycles. The van der Waals surface area contributed by atoms with Crippen LogP contribution in [0.3, 0.4) is 0 Å². The number of hydrogen-bond acceptors (Lipinski definition) is 7. The number of aromatic amines is 2. The van der Waals surface area contributed by atoms with Gasteiger partial charge in [-0.1, -0.05) is 31.5 Å². The zero-order chi connectivity index (χ0) is 36.2. The average molecular weight is 709 g/mol. The van der Waals surface area contributed by atoms with Crippen LogP contribution >= 0.6 is 0 Å². The molecule has 0 amide bonds. The number of nitrogens with zero attached hydrogens (tertiary/aromatic N) is 2. The summed E-state index contributed by atoms with van der Waals surface area (Å²) < 4.78 is 11.8. The van der Waals surface area contributed by atoms with Gasteiger partial charge in [0.2, 0.25) is 0 Å². The van der Waals surface area contributed by atoms with Crippen molar-refractivity contribution < 1.29 is 29.3 Å². The summed E-state index contributed by atoms with van der Waals surface area (Å²) in [7, 11) is 5.39. The Morgan fingerprint density at radius 2 is 1.87 bits per heavy atom. The van der Waals surface area contributed by atoms with E-state index in [0.29, 0.717) is 25.2 Å². The molecule has 4 aromatic rings. The van der Waals surface area contributed by atoms with Crippen LogP contribution in [0.15, 0.2) is 36.4 Å². The molecular weight excluding hydrogens is 656 g/mol. The van der Waals surface area contributed by atoms with Gasteiger partial charge in [-0.25, -0.2) is 0 Å². The molecule has 10 heteroatoms. The summed E-state index contributed by atoms with van der Waals surface area (Å²) in [6.07, 6.45) is 3.92. The first-order valence-electron chi connectivity index (χ1n) is 19.4. The monoisotopic (exact) mass is 708 g/mol. The number of ether oxygens (including phenoxy) is 2. The van der Waals surface area contributed by atoms with Crippen molar-refractivity contribution in [3.8, 4) is 5.75 Å². The van der Waals surface area contributed by atoms with Crippen LogP contribution in [0.2, 0.25) is 0 Å². The maximum atomic E-state index is 13.9. The third-order valence-electron chi connectivity index (χ3n) is 14.4. The summed E-state index contributed by atoms with van der Waals surface area (Å²) in [6, 6.07) is 12.3. The maximum Gasteiger partial charge on any atom is 0.317 e. The van der Waals surface area contributed by atoms with Crippen LogP contribution < -0.4 is 4.74 Å². The van der Waals surface area contributed by atoms with Crippen molar-refractivity contribution in [1.82, 2.24) is 19.8 Å². The molecule has 2 aromatic heterocycles. The lowest BCUT2D eigenvalue weighted by atomic mass is 9.56. The minimum atomic E-state index is -1.16. The number of aliphatic hydroxyl groups is 1. The summed E-state index contributed by atoms with van der Waals surface area (Å²) in [4.78, 5) is 40.2. The van der Waals surface area contributed by atoms with E-state index in [9.17, 15) is 19.8 Å². The first-order chi connectivity index (χ1) is 25.1. The van der Waals surface area contributed by atoms with Crippen LogP contribution in [-0.4, -0.2) is 101 Å². The van der Waals surface area contributed by atoms with Gasteiger partial charge in [-0.05, 0) is 93.2 Å². The van der Waals surface area contributed by atoms with Gasteiger partial charge in [0, 0.05) is 76.8 Å². The number of aliphatic hydroxyl groups excluding tert-OH is 1. The summed E-state index contributed by atoms with van der Waals surface area (Å²) >= 11 is 0. The van der Waals surface area contributed by atoms with Gasteiger partial charge in [-0.2, -0.15) is 0 Å². The van der Waals surface area contributed by atoms with Crippen LogP contribution in [0.1, 0.15) is 73.5 Å². The number of carbonyl (C=O) groups is 2. The van der Waals surface area contributed by atoms with Crippen molar-refractivity contribution in [3.63, 3.8) is 0 Å². The van der Waals surface area contributed by atoms with Gasteiger partial charge in [0.25, 0.3) is 0 Å². The Balaban J connectivity index is 1.31. The fourth-order valence-corrected chi connectivity index (χ4v) is 12.3. The summed E-state index contributed by atoms with van der Waals surface area (Å²) in [5.74, 6) is -0.219. The Morgan fingerprint density at radius 1 is 1.06 bits per heavy atom. The number of likely N-dealkylation sites (N-methyl/N-ethyl adjacent to an activating group) is 1. The van der Waals surface area contributed by atoms with Gasteiger partial charge < -0.3 is 34.6 Å². The molecule has 2 aliphatic carbocycles. The highest BCUT2D eigenvalue weighted by molar-refractivity contribution is 5.95. The van der Waals surface area contributed by atoms with E-state index in [0.717, 1.165) is 89.0 Å². The number of hydrogen-bond donors (Lipinski definition) is 4. The predicted molar refractivity (Wildman–Crippen MR) is 199 cm³/mol. The third kappa shape index (κ3) is 4.65. The Morgan fingerprint density at radius 3 is 2.60 bits per heavy atom. The van der Waals surface area contributed by atoms with Crippen molar-refractivity contribution in [2.45, 2.75) is 81.9 Å². The fraction of sp³-hybridized carbons (Fsp3) is 0.571. The number of para-hydroxylation sites is 1. The fourth-order valence-electron chi connectivity index (χ4n) is 12.3. The maximum absolute atomic E-state index is 13.9. The molecule has 4 aliphatic heterocycles. The first kappa shape index (κ1) is 33.9. The normalized spacial score (nSPS) is 34.5. The second-order valence-electron chi connectivity index (χ2n) is 16.7. The molecule has 6 aliphatic rings. The Labute approximate surface area is 304 Å². The smallest absolute Gasteiger partial charge is 0.317 e. The van der Waals surface area contributed by atoms with Crippen LogP contribution in [0.25, 0.3) is 21.8 Å². The molecule has 0 spiro atoms. The van der Waals surface area contributed by atoms with Gasteiger partial charge >= 0.3 is 11.9 Å². The van der Waals surface area contributed by atoms with E-state index in [2.05, 4.69) is 70.1 Å². The molecule has 2 aromatic carbocycles. The number of aromatic nitrogens is 2. The van der Waals surface area contributed by atoms with Gasteiger partial charge in [0.15, 0.2) is 0 Å². The topological polar surface area (TPSA) is 131 Å². The van der Waals surface area contributed by atoms with Crippen LogP contribution in [0, 0.1) is 29.6 Å². The average Bonchev–Trinajstić information content (AvgIpc) is 3.67. The summed E-state index contributed by atoms with van der Waals surface area (Å²) in [5, 5.41) is 24.6. The molecule has 11 atom stereocenters. The molecule has 6 heterocycles. The minimum absolute atomic E-state index is 0.000326. The molecule has 4 fully saturated rings. The predicted octanol–water partition coefficient (Wildman–Crippen LogP) is 5.45. The van der Waals surface area contributed by atoms with E-state index in [1.165, 1.54) is 12.7 Å². The molecule has 4 N–H and O–H groups in total. The van der Waals surface area contributed by atoms with E-state index in [4.69, 9.17) is 9.47 Å². The molecule has 10 nitrogen and oxygen atoms in total. The Kier molecular flexibility index (Phi) is 8.06. The van der Waals surface area contributed by atoms with Crippen molar-refractivity contribution in [2.75, 3.05) is 40.9 Å². The standard InChI is InChI=1S/C42H52N4O6/c1-6-23-20-45(3)32-17-29-24-9-7-8-10-31(24)43-36(29)30(16-28(23)34(32)40(48)52-5)35-33(51-4)12-11-25-26-13-14-46-19-22-15-27(21(2)47)39(46)42(18-22,41(49)50)38(26)44-37(25)35/h7-12,21-23,27-28,30,32,34,39,43-44,47H,6,13-20H2,1-5H3,(H,49,50)/t21?,22-,23?,27-,28+,30?,32+,34+,39+,42-/m1/s1. The Bertz CT molecular complexity index is 2070. The minimum Gasteiger partial charge on any atom is -0.496 e. The lowest BCUT2D eigenvalue weighted by Crippen LogP contribution is -2.68. The van der Waals surface area contributed by atoms with Crippen LogP contribution in [0.4, 0.5) is 0 Å². The van der Waals surface area contributed by atoms with Gasteiger partial charge in [0.1, 0.15) is 11.2 Å². The summed E-state index contributed by atoms with van der Waals surface area (Å²) in [6.45, 7) is 6.60. The molecule has 276 valence electrons. The molecule has 6 bridgehead atoms. The van der Waals surface area contributed by atoms with E-state index in [1.807, 2.05) is 6.92 Å². The molecule has 4 unspecified atom stereocenters. The van der Waals surface area contributed by atoms with Gasteiger partial charge in [-0.15, -0.1) is 0 Å². The highest BCUT2D eigenvalue weighted by Gasteiger charge is 2.63. The van der Waals surface area contributed by atoms with Crippen molar-refractivity contribution >= 4 is 33.7 Å². The molecular formula is C42H52N4O6. The second kappa shape index (κ2) is 12.4. The third-order valence-corrected chi connectivity index (χ3v) is 14.4. The summed E-state index contributed by atoms with van der Waals surface area (Å²) in [5.41, 5.74) is 6.08. The van der Waals surface area contributed by atoms with Gasteiger partial charge in [-0.3, -0.25) is 14.5 Å². The Hall–Kier alpha value is -3.86. The first-order valence-corrected chi connectivity index (χ1v) is 19.4. The van der Waals surface area contributed by atoms with Crippen molar-refractivity contribution in [3.05, 3.63) is 64.5 Å².